The molecule has 5 heteroatoms. The molecule has 0 heterocycles. The van der Waals surface area contributed by atoms with Crippen molar-refractivity contribution in [1.29, 1.82) is 0 Å². The average molecular weight is 110 g/mol. The summed E-state index contributed by atoms with van der Waals surface area (Å²) in [7, 11) is 2.00. The first-order chi connectivity index (χ1) is 1.00. The van der Waals surface area contributed by atoms with Crippen LogP contribution in [0.4, 0.5) is 0 Å². The zero-order valence-electron chi connectivity index (χ0n) is 2.74. The summed E-state index contributed by atoms with van der Waals surface area (Å²) in [6.07, 6.45) is 0. The zero-order chi connectivity index (χ0) is 2.00. The molecule has 0 aromatic rings. The molecule has 0 aromatic heterocycles. The van der Waals surface area contributed by atoms with Crippen molar-refractivity contribution in [2.24, 2.45) is 0 Å². The van der Waals surface area contributed by atoms with Crippen LogP contribution in [0.5, 0.6) is 0 Å². The minimum atomic E-state index is 0. The van der Waals surface area contributed by atoms with Gasteiger partial charge in [0.05, 0.1) is 0 Å². The summed E-state index contributed by atoms with van der Waals surface area (Å²) in [5.41, 5.74) is 0. The molecule has 1 atom stereocenters. The summed E-state index contributed by atoms with van der Waals surface area (Å²) in [6.45, 7) is 0. The third-order valence-corrected chi connectivity index (χ3v) is 0. The van der Waals surface area contributed by atoms with Gasteiger partial charge in [-0.1, -0.05) is 0 Å². The van der Waals surface area contributed by atoms with Crippen molar-refractivity contribution in [3.63, 3.8) is 0 Å². The van der Waals surface area contributed by atoms with Gasteiger partial charge in [-0.3, -0.25) is 0 Å². The van der Waals surface area contributed by atoms with Gasteiger partial charge in [0.25, 0.3) is 0 Å². The summed E-state index contributed by atoms with van der Waals surface area (Å²) >= 11 is 4.00. The largest absolute Gasteiger partial charge is 1.00 e. The SMILES string of the molecule is [F-].[F-].[Li+].[PH2+]=S. The molecule has 0 saturated carbocycles. The van der Waals surface area contributed by atoms with Crippen LogP contribution in [0.3, 0.4) is 0 Å². The molecule has 0 aliphatic carbocycles. The Morgan fingerprint density at radius 3 is 1.00 bits per heavy atom. The van der Waals surface area contributed by atoms with Crippen molar-refractivity contribution in [1.82, 2.24) is 0 Å². The van der Waals surface area contributed by atoms with E-state index < -0.39 is 0 Å². The molecule has 0 nitrogen and oxygen atoms in total. The molecule has 0 saturated heterocycles. The quantitative estimate of drug-likeness (QED) is 0.220. The second-order valence-corrected chi connectivity index (χ2v) is 0. The van der Waals surface area contributed by atoms with Gasteiger partial charge in [0.2, 0.25) is 0 Å². The molecule has 0 aliphatic rings. The summed E-state index contributed by atoms with van der Waals surface area (Å²) < 4.78 is 0. The maximum atomic E-state index is 4.00. The van der Waals surface area contributed by atoms with E-state index in [0.29, 0.717) is 0 Å². The topological polar surface area (TPSA) is 0 Å². The first kappa shape index (κ1) is 37.9. The van der Waals surface area contributed by atoms with Crippen LogP contribution in [0.15, 0.2) is 0 Å². The number of halogens is 2. The standard InChI is InChI=1S/2FH.Li.HPS/c;;;1-2/h2*1H;;1H/q;;+1;/p-1. The van der Waals surface area contributed by atoms with E-state index in [0.717, 1.165) is 0 Å². The van der Waals surface area contributed by atoms with Crippen molar-refractivity contribution in [2.45, 2.75) is 0 Å². The molecule has 0 radical (unpaired) electrons. The maximum Gasteiger partial charge on any atom is 1.00 e. The van der Waals surface area contributed by atoms with Gasteiger partial charge in [-0.2, -0.15) is 0 Å². The van der Waals surface area contributed by atoms with E-state index in [1.807, 2.05) is 8.02 Å². The van der Waals surface area contributed by atoms with Crippen LogP contribution in [-0.2, 0) is 11.8 Å². The first-order valence-electron chi connectivity index (χ1n) is 0.236. The molecular formula is H2F2LiPS. The molecule has 0 bridgehead atoms. The third-order valence-electron chi connectivity index (χ3n) is 0. The Kier molecular flexibility index (Phi) is 624. The molecule has 0 rings (SSSR count). The van der Waals surface area contributed by atoms with Gasteiger partial charge >= 0.3 is 18.9 Å². The Morgan fingerprint density at radius 1 is 1.00 bits per heavy atom. The van der Waals surface area contributed by atoms with Gasteiger partial charge in [-0.05, 0) is 0 Å². The van der Waals surface area contributed by atoms with Gasteiger partial charge < -0.3 is 9.41 Å². The van der Waals surface area contributed by atoms with Crippen LogP contribution in [0.25, 0.3) is 0 Å². The van der Waals surface area contributed by atoms with Crippen LogP contribution in [-0.4, -0.2) is 0 Å². The van der Waals surface area contributed by atoms with E-state index in [2.05, 4.69) is 11.8 Å². The van der Waals surface area contributed by atoms with Gasteiger partial charge in [0, 0.05) is 0 Å². The zero-order valence-corrected chi connectivity index (χ0v) is 4.71. The smallest absolute Gasteiger partial charge is 1.00 e. The van der Waals surface area contributed by atoms with E-state index in [4.69, 9.17) is 0 Å². The molecule has 0 aromatic carbocycles. The normalized spacial score (nSPS) is 0.800. The fourth-order valence-corrected chi connectivity index (χ4v) is 0. The van der Waals surface area contributed by atoms with Crippen LogP contribution in [0.1, 0.15) is 0 Å². The number of rotatable bonds is 0. The molecule has 5 heavy (non-hydrogen) atoms. The summed E-state index contributed by atoms with van der Waals surface area (Å²) in [6, 6.07) is 0. The fraction of sp³-hybridized carbons (Fsp3) is 0. The summed E-state index contributed by atoms with van der Waals surface area (Å²) in [5.74, 6) is 0. The van der Waals surface area contributed by atoms with E-state index >= 15 is 0 Å². The summed E-state index contributed by atoms with van der Waals surface area (Å²) in [4.78, 5) is 0. The van der Waals surface area contributed by atoms with Gasteiger partial charge in [-0.15, -0.1) is 0 Å². The Hall–Kier alpha value is 0.977. The Balaban J connectivity index is -0.00000000167. The molecule has 28 valence electrons. The van der Waals surface area contributed by atoms with Crippen LogP contribution in [0, 0.1) is 0 Å². The van der Waals surface area contributed by atoms with Gasteiger partial charge in [0.15, 0.2) is 11.8 Å². The summed E-state index contributed by atoms with van der Waals surface area (Å²) in [5, 5.41) is 0. The second kappa shape index (κ2) is 82.4. The fourth-order valence-electron chi connectivity index (χ4n) is 0. The van der Waals surface area contributed by atoms with Crippen LogP contribution < -0.4 is 28.3 Å². The molecule has 0 spiro atoms. The van der Waals surface area contributed by atoms with E-state index in [9.17, 15) is 0 Å². The molecule has 0 N–H and O–H groups in total. The molecular weight excluding hydrogens is 108 g/mol. The molecule has 0 fully saturated rings. The number of hydrogen-bond acceptors (Lipinski definition) is 1. The van der Waals surface area contributed by atoms with Crippen molar-refractivity contribution >= 4 is 19.8 Å². The van der Waals surface area contributed by atoms with E-state index in [-0.39, 0.29) is 28.3 Å². The van der Waals surface area contributed by atoms with Crippen LogP contribution in [0.2, 0.25) is 0 Å². The monoisotopic (exact) mass is 110 g/mol. The number of hydrogen-bond donors (Lipinski definition) is 0. The average Bonchev–Trinajstić information content (AvgIpc) is 1.00. The predicted octanol–water partition coefficient (Wildman–Crippen LogP) is -8.66. The van der Waals surface area contributed by atoms with Crippen molar-refractivity contribution < 1.29 is 28.3 Å². The maximum absolute atomic E-state index is 4.00. The minimum Gasteiger partial charge on any atom is -1.00 e. The van der Waals surface area contributed by atoms with E-state index in [1.165, 1.54) is 0 Å². The third kappa shape index (κ3) is 46.2. The van der Waals surface area contributed by atoms with Crippen molar-refractivity contribution in [2.75, 3.05) is 0 Å². The Bertz CT molecular complexity index is 9.61. The Morgan fingerprint density at radius 2 is 1.00 bits per heavy atom. The molecule has 1 unspecified atom stereocenters. The van der Waals surface area contributed by atoms with Crippen molar-refractivity contribution in [3.8, 4) is 0 Å². The van der Waals surface area contributed by atoms with Crippen molar-refractivity contribution in [3.05, 3.63) is 0 Å². The second-order valence-electron chi connectivity index (χ2n) is 0. The predicted molar refractivity (Wildman–Crippen MR) is 17.1 cm³/mol. The molecule has 0 aliphatic heterocycles. The van der Waals surface area contributed by atoms with Crippen LogP contribution >= 0.6 is 8.02 Å². The Labute approximate surface area is 48.5 Å². The molecule has 0 amide bonds. The van der Waals surface area contributed by atoms with Gasteiger partial charge in [0.1, 0.15) is 8.02 Å². The van der Waals surface area contributed by atoms with Gasteiger partial charge in [-0.25, -0.2) is 0 Å². The first-order valence-corrected chi connectivity index (χ1v) is 2.12. The van der Waals surface area contributed by atoms with E-state index in [1.54, 1.807) is 0 Å². The minimum absolute atomic E-state index is 0.